The lowest BCUT2D eigenvalue weighted by Crippen LogP contribution is -2.32. The maximum absolute atomic E-state index is 6.16. The molecule has 1 heteroatoms. The minimum absolute atomic E-state index is 0.329. The van der Waals surface area contributed by atoms with Crippen molar-refractivity contribution in [2.45, 2.75) is 59.8 Å². The highest BCUT2D eigenvalue weighted by Crippen LogP contribution is 2.42. The van der Waals surface area contributed by atoms with E-state index in [-0.39, 0.29) is 0 Å². The van der Waals surface area contributed by atoms with Gasteiger partial charge in [-0.05, 0) is 23.7 Å². The smallest absolute Gasteiger partial charge is 0.0338 e. The van der Waals surface area contributed by atoms with Crippen LogP contribution in [0.4, 0.5) is 0 Å². The summed E-state index contributed by atoms with van der Waals surface area (Å²) in [6.07, 6.45) is 2.18. The van der Waals surface area contributed by atoms with E-state index in [2.05, 4.69) is 41.5 Å². The van der Waals surface area contributed by atoms with E-state index < -0.39 is 0 Å². The first-order valence-electron chi connectivity index (χ1n) is 4.85. The third-order valence-electron chi connectivity index (χ3n) is 3.21. The summed E-state index contributed by atoms with van der Waals surface area (Å²) in [5.41, 5.74) is 0.671. The lowest BCUT2D eigenvalue weighted by atomic mass is 9.67. The van der Waals surface area contributed by atoms with Gasteiger partial charge < -0.3 is 0 Å². The van der Waals surface area contributed by atoms with Crippen LogP contribution in [0, 0.1) is 10.8 Å². The molecule has 0 fully saturated rings. The van der Waals surface area contributed by atoms with Crippen molar-refractivity contribution in [3.8, 4) is 0 Å². The first kappa shape index (κ1) is 12.3. The highest BCUT2D eigenvalue weighted by atomic mass is 35.5. The Morgan fingerprint density at radius 2 is 1.50 bits per heavy atom. The van der Waals surface area contributed by atoms with Crippen molar-refractivity contribution in [3.63, 3.8) is 0 Å². The van der Waals surface area contributed by atoms with Gasteiger partial charge in [0.25, 0.3) is 0 Å². The summed E-state index contributed by atoms with van der Waals surface area (Å²) in [6, 6.07) is 0. The normalized spacial score (nSPS) is 16.2. The summed E-state index contributed by atoms with van der Waals surface area (Å²) in [4.78, 5) is 0. The van der Waals surface area contributed by atoms with E-state index in [0.717, 1.165) is 12.8 Å². The molecule has 0 aromatic rings. The van der Waals surface area contributed by atoms with Gasteiger partial charge in [-0.25, -0.2) is 0 Å². The summed E-state index contributed by atoms with van der Waals surface area (Å²) >= 11 is 6.16. The summed E-state index contributed by atoms with van der Waals surface area (Å²) < 4.78 is 0. The topological polar surface area (TPSA) is 0 Å². The van der Waals surface area contributed by atoms with Crippen molar-refractivity contribution in [3.05, 3.63) is 0 Å². The fourth-order valence-electron chi connectivity index (χ4n) is 1.00. The van der Waals surface area contributed by atoms with Crippen molar-refractivity contribution in [1.29, 1.82) is 0 Å². The molecule has 0 heterocycles. The zero-order valence-electron chi connectivity index (χ0n) is 9.37. The van der Waals surface area contributed by atoms with Gasteiger partial charge in [-0.15, -0.1) is 11.6 Å². The Balaban J connectivity index is 4.22. The molecule has 0 nitrogen and oxygen atoms in total. The fraction of sp³-hybridized carbons (Fsp3) is 1.00. The monoisotopic (exact) mass is 190 g/mol. The second kappa shape index (κ2) is 4.00. The first-order valence-corrected chi connectivity index (χ1v) is 5.28. The Labute approximate surface area is 82.7 Å². The first-order chi connectivity index (χ1) is 5.20. The standard InChI is InChI=1S/C11H23Cl/c1-7-9(12)8-11(5,6)10(2,3)4/h9H,7-8H2,1-6H3. The lowest BCUT2D eigenvalue weighted by Gasteiger charge is -2.40. The highest BCUT2D eigenvalue weighted by molar-refractivity contribution is 6.20. The van der Waals surface area contributed by atoms with Crippen LogP contribution in [0.3, 0.4) is 0 Å². The molecule has 0 radical (unpaired) electrons. The van der Waals surface area contributed by atoms with E-state index in [1.54, 1.807) is 0 Å². The van der Waals surface area contributed by atoms with E-state index in [1.165, 1.54) is 0 Å². The molecule has 0 amide bonds. The summed E-state index contributed by atoms with van der Waals surface area (Å²) in [5.74, 6) is 0. The molecule has 0 saturated heterocycles. The molecule has 0 rings (SSSR count). The molecule has 0 bridgehead atoms. The quantitative estimate of drug-likeness (QED) is 0.577. The summed E-state index contributed by atoms with van der Waals surface area (Å²) in [5, 5.41) is 0.333. The van der Waals surface area contributed by atoms with Crippen molar-refractivity contribution >= 4 is 11.6 Å². The van der Waals surface area contributed by atoms with E-state index in [1.807, 2.05) is 0 Å². The maximum atomic E-state index is 6.16. The van der Waals surface area contributed by atoms with Gasteiger partial charge in [-0.3, -0.25) is 0 Å². The van der Waals surface area contributed by atoms with Crippen LogP contribution in [-0.4, -0.2) is 5.38 Å². The molecule has 0 aromatic carbocycles. The summed E-state index contributed by atoms with van der Waals surface area (Å²) in [7, 11) is 0. The van der Waals surface area contributed by atoms with Gasteiger partial charge >= 0.3 is 0 Å². The van der Waals surface area contributed by atoms with Gasteiger partial charge in [0.1, 0.15) is 0 Å². The van der Waals surface area contributed by atoms with Gasteiger partial charge in [0.15, 0.2) is 0 Å². The maximum Gasteiger partial charge on any atom is 0.0338 e. The molecule has 0 aliphatic heterocycles. The fourth-order valence-corrected chi connectivity index (χ4v) is 1.39. The van der Waals surface area contributed by atoms with Crippen molar-refractivity contribution in [1.82, 2.24) is 0 Å². The van der Waals surface area contributed by atoms with Crippen molar-refractivity contribution in [2.24, 2.45) is 10.8 Å². The van der Waals surface area contributed by atoms with Gasteiger partial charge in [-0.1, -0.05) is 41.5 Å². The largest absolute Gasteiger partial charge is 0.123 e. The van der Waals surface area contributed by atoms with Gasteiger partial charge in [0, 0.05) is 5.38 Å². The number of halogens is 1. The van der Waals surface area contributed by atoms with Crippen molar-refractivity contribution in [2.75, 3.05) is 0 Å². The second-order valence-electron chi connectivity index (χ2n) is 5.34. The van der Waals surface area contributed by atoms with Crippen molar-refractivity contribution < 1.29 is 0 Å². The summed E-state index contributed by atoms with van der Waals surface area (Å²) in [6.45, 7) is 13.6. The zero-order chi connectivity index (χ0) is 9.99. The third kappa shape index (κ3) is 3.35. The van der Waals surface area contributed by atoms with Crippen LogP contribution in [0.25, 0.3) is 0 Å². The number of alkyl halides is 1. The van der Waals surface area contributed by atoms with E-state index in [0.29, 0.717) is 16.2 Å². The molecule has 0 saturated carbocycles. The Morgan fingerprint density at radius 1 is 1.08 bits per heavy atom. The Kier molecular flexibility index (Phi) is 4.10. The molecule has 1 atom stereocenters. The zero-order valence-corrected chi connectivity index (χ0v) is 10.1. The molecular weight excluding hydrogens is 168 g/mol. The molecule has 0 aliphatic carbocycles. The Bertz CT molecular complexity index is 130. The van der Waals surface area contributed by atoms with Gasteiger partial charge in [0.2, 0.25) is 0 Å². The second-order valence-corrected chi connectivity index (χ2v) is 5.96. The van der Waals surface area contributed by atoms with E-state index >= 15 is 0 Å². The van der Waals surface area contributed by atoms with Crippen LogP contribution < -0.4 is 0 Å². The molecule has 12 heavy (non-hydrogen) atoms. The number of hydrogen-bond donors (Lipinski definition) is 0. The molecule has 1 unspecified atom stereocenters. The molecule has 0 aliphatic rings. The minimum atomic E-state index is 0.329. The predicted octanol–water partition coefficient (Wildman–Crippen LogP) is 4.47. The van der Waals surface area contributed by atoms with Crippen LogP contribution in [0.5, 0.6) is 0 Å². The third-order valence-corrected chi connectivity index (χ3v) is 3.67. The van der Waals surface area contributed by atoms with Crippen LogP contribution in [0.1, 0.15) is 54.4 Å². The van der Waals surface area contributed by atoms with Crippen LogP contribution >= 0.6 is 11.6 Å². The number of rotatable bonds is 3. The number of hydrogen-bond acceptors (Lipinski definition) is 0. The van der Waals surface area contributed by atoms with E-state index in [4.69, 9.17) is 11.6 Å². The van der Waals surface area contributed by atoms with Crippen LogP contribution in [-0.2, 0) is 0 Å². The molecule has 0 spiro atoms. The average Bonchev–Trinajstić information content (AvgIpc) is 1.84. The lowest BCUT2D eigenvalue weighted by molar-refractivity contribution is 0.118. The average molecular weight is 191 g/mol. The SMILES string of the molecule is CCC(Cl)CC(C)(C)C(C)(C)C. The molecule has 0 N–H and O–H groups in total. The van der Waals surface area contributed by atoms with Crippen LogP contribution in [0.2, 0.25) is 0 Å². The Morgan fingerprint density at radius 3 is 1.75 bits per heavy atom. The molecule has 0 aromatic heterocycles. The van der Waals surface area contributed by atoms with Crippen LogP contribution in [0.15, 0.2) is 0 Å². The van der Waals surface area contributed by atoms with E-state index in [9.17, 15) is 0 Å². The Hall–Kier alpha value is 0.290. The molecular formula is C11H23Cl. The van der Waals surface area contributed by atoms with Gasteiger partial charge in [0.05, 0.1) is 0 Å². The molecule has 74 valence electrons. The van der Waals surface area contributed by atoms with Gasteiger partial charge in [-0.2, -0.15) is 0 Å². The predicted molar refractivity (Wildman–Crippen MR) is 57.8 cm³/mol. The highest BCUT2D eigenvalue weighted by Gasteiger charge is 2.33. The minimum Gasteiger partial charge on any atom is -0.123 e.